The number of nitrogens with zero attached hydrogens (tertiary/aromatic N) is 4. The first-order chi connectivity index (χ1) is 19.8. The minimum Gasteiger partial charge on any atom is -0.309 e. The largest absolute Gasteiger partial charge is 0.309 e. The van der Waals surface area contributed by atoms with Crippen molar-refractivity contribution >= 4 is 43.6 Å². The lowest BCUT2D eigenvalue weighted by Crippen LogP contribution is -2.00. The van der Waals surface area contributed by atoms with Gasteiger partial charge in [0, 0.05) is 38.9 Å². The van der Waals surface area contributed by atoms with Gasteiger partial charge in [-0.2, -0.15) is 5.26 Å². The van der Waals surface area contributed by atoms with E-state index in [9.17, 15) is 5.26 Å². The van der Waals surface area contributed by atoms with E-state index >= 15 is 0 Å². The number of benzene rings is 5. The molecule has 3 aromatic heterocycles. The molecule has 0 aliphatic rings. The zero-order chi connectivity index (χ0) is 26.6. The van der Waals surface area contributed by atoms with E-state index in [1.54, 1.807) is 0 Å². The molecular formula is C36H22N4. The van der Waals surface area contributed by atoms with Crippen molar-refractivity contribution in [1.29, 1.82) is 5.26 Å². The van der Waals surface area contributed by atoms with E-state index in [2.05, 4.69) is 124 Å². The van der Waals surface area contributed by atoms with Crippen molar-refractivity contribution in [2.75, 3.05) is 0 Å². The van der Waals surface area contributed by atoms with Gasteiger partial charge in [-0.25, -0.2) is 4.98 Å². The van der Waals surface area contributed by atoms with Crippen molar-refractivity contribution in [3.05, 3.63) is 139 Å². The molecule has 0 radical (unpaired) electrons. The van der Waals surface area contributed by atoms with Gasteiger partial charge < -0.3 is 4.57 Å². The molecule has 0 spiro atoms. The summed E-state index contributed by atoms with van der Waals surface area (Å²) >= 11 is 0. The van der Waals surface area contributed by atoms with Gasteiger partial charge in [0.1, 0.15) is 5.82 Å². The fraction of sp³-hybridized carbons (Fsp3) is 0. The summed E-state index contributed by atoms with van der Waals surface area (Å²) in [6.07, 6.45) is 1.94. The van der Waals surface area contributed by atoms with Crippen molar-refractivity contribution in [2.24, 2.45) is 0 Å². The molecule has 8 aromatic rings. The average Bonchev–Trinajstić information content (AvgIpc) is 3.54. The number of aromatic nitrogens is 3. The first-order valence-electron chi connectivity index (χ1n) is 13.3. The summed E-state index contributed by atoms with van der Waals surface area (Å²) in [5, 5.41) is 14.6. The highest BCUT2D eigenvalue weighted by Crippen LogP contribution is 2.37. The number of fused-ring (bicyclic) bond motifs is 6. The summed E-state index contributed by atoms with van der Waals surface area (Å²) in [4.78, 5) is 4.98. The summed E-state index contributed by atoms with van der Waals surface area (Å²) in [5.41, 5.74) is 8.07. The Labute approximate surface area is 230 Å². The fourth-order valence-corrected chi connectivity index (χ4v) is 6.06. The average molecular weight is 511 g/mol. The molecule has 0 aliphatic heterocycles. The van der Waals surface area contributed by atoms with Gasteiger partial charge in [0.2, 0.25) is 0 Å². The lowest BCUT2D eigenvalue weighted by Gasteiger charge is -2.15. The standard InChI is InChI=1S/C36H22N4/c37-22-24-17-19-26(35(21-24)39-31-13-5-1-9-27(31)28-10-2-6-14-32(28)39)25-18-20-36(38-23-25)40-33-15-7-3-11-29(33)30-12-4-8-16-34(30)40/h1-21,23H. The highest BCUT2D eigenvalue weighted by molar-refractivity contribution is 6.10. The van der Waals surface area contributed by atoms with E-state index in [-0.39, 0.29) is 0 Å². The van der Waals surface area contributed by atoms with Crippen LogP contribution in [0.3, 0.4) is 0 Å². The zero-order valence-corrected chi connectivity index (χ0v) is 21.5. The molecule has 4 heteroatoms. The fourth-order valence-electron chi connectivity index (χ4n) is 6.06. The van der Waals surface area contributed by atoms with Gasteiger partial charge in [0.05, 0.1) is 39.4 Å². The molecule has 4 nitrogen and oxygen atoms in total. The van der Waals surface area contributed by atoms with Crippen LogP contribution in [0, 0.1) is 11.3 Å². The smallest absolute Gasteiger partial charge is 0.137 e. The molecule has 0 atom stereocenters. The zero-order valence-electron chi connectivity index (χ0n) is 21.5. The van der Waals surface area contributed by atoms with E-state index in [0.717, 1.165) is 44.7 Å². The topological polar surface area (TPSA) is 46.5 Å². The molecule has 3 heterocycles. The van der Waals surface area contributed by atoms with Gasteiger partial charge >= 0.3 is 0 Å². The summed E-state index contributed by atoms with van der Waals surface area (Å²) in [6, 6.07) is 46.2. The van der Waals surface area contributed by atoms with E-state index in [4.69, 9.17) is 4.98 Å². The van der Waals surface area contributed by atoms with Crippen molar-refractivity contribution in [3.8, 4) is 28.7 Å². The Morgan fingerprint density at radius 2 is 1.02 bits per heavy atom. The Balaban J connectivity index is 1.34. The predicted molar refractivity (Wildman–Crippen MR) is 163 cm³/mol. The quantitative estimate of drug-likeness (QED) is 0.238. The first kappa shape index (κ1) is 22.3. The Kier molecular flexibility index (Phi) is 4.85. The molecule has 0 fully saturated rings. The van der Waals surface area contributed by atoms with Crippen molar-refractivity contribution < 1.29 is 0 Å². The summed E-state index contributed by atoms with van der Waals surface area (Å²) in [7, 11) is 0. The van der Waals surface area contributed by atoms with Crippen LogP contribution in [0.4, 0.5) is 0 Å². The monoisotopic (exact) mass is 510 g/mol. The normalized spacial score (nSPS) is 11.5. The summed E-state index contributed by atoms with van der Waals surface area (Å²) < 4.78 is 4.49. The number of nitriles is 1. The number of rotatable bonds is 3. The van der Waals surface area contributed by atoms with Gasteiger partial charge in [-0.15, -0.1) is 0 Å². The van der Waals surface area contributed by atoms with E-state index in [1.807, 2.05) is 24.4 Å². The van der Waals surface area contributed by atoms with Crippen LogP contribution in [0.25, 0.3) is 66.2 Å². The predicted octanol–water partition coefficient (Wildman–Crippen LogP) is 8.81. The molecule has 5 aromatic carbocycles. The molecule has 0 bridgehead atoms. The van der Waals surface area contributed by atoms with Gasteiger partial charge in [-0.1, -0.05) is 78.9 Å². The van der Waals surface area contributed by atoms with Crippen molar-refractivity contribution in [3.63, 3.8) is 0 Å². The molecule has 0 aliphatic carbocycles. The lowest BCUT2D eigenvalue weighted by atomic mass is 10.0. The van der Waals surface area contributed by atoms with Crippen LogP contribution in [0.5, 0.6) is 0 Å². The van der Waals surface area contributed by atoms with Gasteiger partial charge in [0.15, 0.2) is 0 Å². The van der Waals surface area contributed by atoms with Crippen LogP contribution < -0.4 is 0 Å². The van der Waals surface area contributed by atoms with Crippen LogP contribution in [0.2, 0.25) is 0 Å². The van der Waals surface area contributed by atoms with Crippen molar-refractivity contribution in [1.82, 2.24) is 14.1 Å². The minimum absolute atomic E-state index is 0.621. The molecular weight excluding hydrogens is 488 g/mol. The second kappa shape index (κ2) is 8.69. The second-order valence-corrected chi connectivity index (χ2v) is 9.99. The molecule has 40 heavy (non-hydrogen) atoms. The maximum Gasteiger partial charge on any atom is 0.137 e. The van der Waals surface area contributed by atoms with Crippen LogP contribution in [0.15, 0.2) is 134 Å². The Morgan fingerprint density at radius 1 is 0.525 bits per heavy atom. The molecule has 0 unspecified atom stereocenters. The molecule has 0 amide bonds. The lowest BCUT2D eigenvalue weighted by molar-refractivity contribution is 1.08. The summed E-state index contributed by atoms with van der Waals surface area (Å²) in [6.45, 7) is 0. The molecule has 186 valence electrons. The third-order valence-corrected chi connectivity index (χ3v) is 7.82. The minimum atomic E-state index is 0.621. The first-order valence-corrected chi connectivity index (χ1v) is 13.3. The third-order valence-electron chi connectivity index (χ3n) is 7.82. The second-order valence-electron chi connectivity index (χ2n) is 9.99. The SMILES string of the molecule is N#Cc1ccc(-c2ccc(-n3c4ccccc4c4ccccc43)nc2)c(-n2c3ccccc3c3ccccc32)c1. The Hall–Kier alpha value is -5.66. The van der Waals surface area contributed by atoms with Gasteiger partial charge in [0.25, 0.3) is 0 Å². The highest BCUT2D eigenvalue weighted by atomic mass is 15.1. The maximum absolute atomic E-state index is 9.79. The van der Waals surface area contributed by atoms with E-state index < -0.39 is 0 Å². The van der Waals surface area contributed by atoms with Crippen molar-refractivity contribution in [2.45, 2.75) is 0 Å². The van der Waals surface area contributed by atoms with Crippen LogP contribution in [0.1, 0.15) is 5.56 Å². The maximum atomic E-state index is 9.79. The van der Waals surface area contributed by atoms with E-state index in [0.29, 0.717) is 5.56 Å². The van der Waals surface area contributed by atoms with Crippen LogP contribution >= 0.6 is 0 Å². The number of hydrogen-bond acceptors (Lipinski definition) is 2. The Morgan fingerprint density at radius 3 is 1.50 bits per heavy atom. The Bertz CT molecular complexity index is 2170. The molecule has 0 saturated carbocycles. The number of pyridine rings is 1. The van der Waals surface area contributed by atoms with Crippen LogP contribution in [-0.2, 0) is 0 Å². The molecule has 8 rings (SSSR count). The molecule has 0 saturated heterocycles. The van der Waals surface area contributed by atoms with E-state index in [1.165, 1.54) is 21.5 Å². The molecule has 0 N–H and O–H groups in total. The van der Waals surface area contributed by atoms with Crippen LogP contribution in [-0.4, -0.2) is 14.1 Å². The van der Waals surface area contributed by atoms with Gasteiger partial charge in [-0.3, -0.25) is 4.57 Å². The highest BCUT2D eigenvalue weighted by Gasteiger charge is 2.17. The number of hydrogen-bond donors (Lipinski definition) is 0. The third kappa shape index (κ3) is 3.22. The summed E-state index contributed by atoms with van der Waals surface area (Å²) in [5.74, 6) is 0.869. The number of para-hydroxylation sites is 4. The van der Waals surface area contributed by atoms with Gasteiger partial charge in [-0.05, 0) is 48.5 Å².